The zero-order valence-electron chi connectivity index (χ0n) is 11.5. The number of fused-ring (bicyclic) bond motifs is 1. The van der Waals surface area contributed by atoms with E-state index in [0.717, 1.165) is 13.0 Å². The number of hydrogen-bond acceptors (Lipinski definition) is 1. The molecule has 19 heavy (non-hydrogen) atoms. The maximum absolute atomic E-state index is 2.32. The van der Waals surface area contributed by atoms with Crippen LogP contribution in [0.25, 0.3) is 12.2 Å². The second kappa shape index (κ2) is 4.88. The van der Waals surface area contributed by atoms with Crippen molar-refractivity contribution in [3.63, 3.8) is 0 Å². The molecule has 3 rings (SSSR count). The van der Waals surface area contributed by atoms with Gasteiger partial charge in [-0.25, -0.2) is 4.57 Å². The minimum Gasteiger partial charge on any atom is -0.374 e. The lowest BCUT2D eigenvalue weighted by molar-refractivity contribution is -0.673. The van der Waals surface area contributed by atoms with E-state index in [0.29, 0.717) is 0 Å². The van der Waals surface area contributed by atoms with E-state index < -0.39 is 0 Å². The van der Waals surface area contributed by atoms with E-state index in [1.807, 2.05) is 6.07 Å². The molecule has 2 heteroatoms. The quantitative estimate of drug-likeness (QED) is 0.744. The summed E-state index contributed by atoms with van der Waals surface area (Å²) in [7, 11) is 4.22. The van der Waals surface area contributed by atoms with Crippen molar-refractivity contribution in [3.8, 4) is 0 Å². The molecular formula is C17H19N2+. The monoisotopic (exact) mass is 251 g/mol. The molecule has 0 N–H and O–H groups in total. The summed E-state index contributed by atoms with van der Waals surface area (Å²) in [6, 6.07) is 13.0. The molecule has 0 amide bonds. The molecule has 0 bridgehead atoms. The number of aryl methyl sites for hydroxylation is 1. The largest absolute Gasteiger partial charge is 0.374 e. The minimum atomic E-state index is 1.14. The molecule has 0 radical (unpaired) electrons. The van der Waals surface area contributed by atoms with Gasteiger partial charge in [0.25, 0.3) is 0 Å². The van der Waals surface area contributed by atoms with Gasteiger partial charge in [0.1, 0.15) is 7.05 Å². The number of hydrogen-bond donors (Lipinski definition) is 0. The van der Waals surface area contributed by atoms with Gasteiger partial charge in [-0.05, 0) is 41.8 Å². The standard InChI is InChI=1S/C17H19N2/c1-18-11-4-3-5-16(18)8-6-14-7-9-17-15(13-14)10-12-19(17)2/h3-9,11,13H,10,12H2,1-2H3/q+1. The smallest absolute Gasteiger partial charge is 0.204 e. The molecule has 0 fully saturated rings. The third-order valence-electron chi connectivity index (χ3n) is 3.77. The number of anilines is 1. The molecule has 0 atom stereocenters. The molecule has 1 aliphatic rings. The van der Waals surface area contributed by atoms with Gasteiger partial charge in [-0.1, -0.05) is 6.07 Å². The van der Waals surface area contributed by atoms with Crippen molar-refractivity contribution in [3.05, 3.63) is 59.4 Å². The van der Waals surface area contributed by atoms with E-state index in [-0.39, 0.29) is 0 Å². The molecule has 0 saturated carbocycles. The number of nitrogens with zero attached hydrogens (tertiary/aromatic N) is 2. The van der Waals surface area contributed by atoms with E-state index in [9.17, 15) is 0 Å². The van der Waals surface area contributed by atoms with Crippen LogP contribution in [0.5, 0.6) is 0 Å². The van der Waals surface area contributed by atoms with E-state index in [1.165, 1.54) is 22.5 Å². The van der Waals surface area contributed by atoms with Gasteiger partial charge in [0.05, 0.1) is 0 Å². The summed E-state index contributed by atoms with van der Waals surface area (Å²) in [5.74, 6) is 0. The highest BCUT2D eigenvalue weighted by molar-refractivity contribution is 5.70. The Labute approximate surface area is 114 Å². The van der Waals surface area contributed by atoms with E-state index >= 15 is 0 Å². The Bertz CT molecular complexity index is 629. The van der Waals surface area contributed by atoms with Crippen LogP contribution in [-0.4, -0.2) is 13.6 Å². The summed E-state index contributed by atoms with van der Waals surface area (Å²) in [6.07, 6.45) is 7.58. The summed E-state index contributed by atoms with van der Waals surface area (Å²) < 4.78 is 2.12. The molecule has 1 aromatic heterocycles. The van der Waals surface area contributed by atoms with Crippen LogP contribution < -0.4 is 9.47 Å². The van der Waals surface area contributed by atoms with Gasteiger partial charge < -0.3 is 4.90 Å². The lowest BCUT2D eigenvalue weighted by Crippen LogP contribution is -2.30. The molecule has 1 aliphatic heterocycles. The summed E-state index contributed by atoms with van der Waals surface area (Å²) in [4.78, 5) is 2.32. The van der Waals surface area contributed by atoms with Crippen LogP contribution in [0, 0.1) is 0 Å². The highest BCUT2D eigenvalue weighted by Gasteiger charge is 2.14. The number of rotatable bonds is 2. The maximum atomic E-state index is 2.32. The molecule has 0 saturated heterocycles. The number of likely N-dealkylation sites (N-methyl/N-ethyl adjacent to an activating group) is 1. The van der Waals surface area contributed by atoms with Crippen molar-refractivity contribution in [1.82, 2.24) is 0 Å². The van der Waals surface area contributed by atoms with Crippen molar-refractivity contribution >= 4 is 17.8 Å². The fourth-order valence-electron chi connectivity index (χ4n) is 2.58. The second-order valence-electron chi connectivity index (χ2n) is 5.13. The van der Waals surface area contributed by atoms with Crippen LogP contribution in [0.4, 0.5) is 5.69 Å². The first-order valence-electron chi connectivity index (χ1n) is 6.71. The first-order chi connectivity index (χ1) is 9.24. The molecule has 2 heterocycles. The fourth-order valence-corrected chi connectivity index (χ4v) is 2.58. The predicted molar refractivity (Wildman–Crippen MR) is 80.0 cm³/mol. The Balaban J connectivity index is 1.87. The predicted octanol–water partition coefficient (Wildman–Crippen LogP) is 2.67. The van der Waals surface area contributed by atoms with Gasteiger partial charge >= 0.3 is 0 Å². The van der Waals surface area contributed by atoms with Crippen LogP contribution in [0.3, 0.4) is 0 Å². The first kappa shape index (κ1) is 12.0. The van der Waals surface area contributed by atoms with Crippen molar-refractivity contribution in [2.45, 2.75) is 6.42 Å². The van der Waals surface area contributed by atoms with Gasteiger partial charge in [0.15, 0.2) is 6.20 Å². The van der Waals surface area contributed by atoms with Crippen molar-refractivity contribution in [1.29, 1.82) is 0 Å². The fraction of sp³-hybridized carbons (Fsp3) is 0.235. The zero-order valence-corrected chi connectivity index (χ0v) is 11.5. The lowest BCUT2D eigenvalue weighted by atomic mass is 10.1. The maximum Gasteiger partial charge on any atom is 0.204 e. The molecule has 0 spiro atoms. The minimum absolute atomic E-state index is 1.14. The molecule has 2 nitrogen and oxygen atoms in total. The summed E-state index contributed by atoms with van der Waals surface area (Å²) >= 11 is 0. The first-order valence-corrected chi connectivity index (χ1v) is 6.71. The van der Waals surface area contributed by atoms with Crippen LogP contribution in [0.1, 0.15) is 16.8 Å². The molecular weight excluding hydrogens is 232 g/mol. The second-order valence-corrected chi connectivity index (χ2v) is 5.13. The van der Waals surface area contributed by atoms with Crippen LogP contribution in [0.15, 0.2) is 42.6 Å². The lowest BCUT2D eigenvalue weighted by Gasteiger charge is -2.11. The molecule has 1 aromatic carbocycles. The van der Waals surface area contributed by atoms with E-state index in [1.54, 1.807) is 0 Å². The van der Waals surface area contributed by atoms with Crippen molar-refractivity contribution < 1.29 is 4.57 Å². The van der Waals surface area contributed by atoms with Gasteiger partial charge in [0, 0.05) is 37.5 Å². The average molecular weight is 251 g/mol. The highest BCUT2D eigenvalue weighted by Crippen LogP contribution is 2.27. The van der Waals surface area contributed by atoms with Crippen LogP contribution >= 0.6 is 0 Å². The summed E-state index contributed by atoms with van der Waals surface area (Å²) in [6.45, 7) is 1.14. The van der Waals surface area contributed by atoms with Gasteiger partial charge in [0.2, 0.25) is 5.69 Å². The third-order valence-corrected chi connectivity index (χ3v) is 3.77. The zero-order chi connectivity index (χ0) is 13.2. The summed E-state index contributed by atoms with van der Waals surface area (Å²) in [5, 5.41) is 0. The summed E-state index contributed by atoms with van der Waals surface area (Å²) in [5.41, 5.74) is 5.32. The van der Waals surface area contributed by atoms with Crippen LogP contribution in [-0.2, 0) is 13.5 Å². The third kappa shape index (κ3) is 2.39. The molecule has 96 valence electrons. The SMILES string of the molecule is CN1CCc2cc(/C=C/c3cccc[n+]3C)ccc21. The normalized spacial score (nSPS) is 14.1. The Hall–Kier alpha value is -2.09. The number of aromatic nitrogens is 1. The Morgan fingerprint density at radius 1 is 1.16 bits per heavy atom. The van der Waals surface area contributed by atoms with E-state index in [4.69, 9.17) is 0 Å². The van der Waals surface area contributed by atoms with Gasteiger partial charge in [-0.2, -0.15) is 0 Å². The Kier molecular flexibility index (Phi) is 3.08. The van der Waals surface area contributed by atoms with Gasteiger partial charge in [-0.3, -0.25) is 0 Å². The average Bonchev–Trinajstić information content (AvgIpc) is 2.79. The molecule has 0 aliphatic carbocycles. The number of benzene rings is 1. The van der Waals surface area contributed by atoms with Crippen molar-refractivity contribution in [2.75, 3.05) is 18.5 Å². The number of pyridine rings is 1. The van der Waals surface area contributed by atoms with Crippen LogP contribution in [0.2, 0.25) is 0 Å². The topological polar surface area (TPSA) is 7.12 Å². The van der Waals surface area contributed by atoms with Gasteiger partial charge in [-0.15, -0.1) is 0 Å². The highest BCUT2D eigenvalue weighted by atomic mass is 15.1. The molecule has 0 unspecified atom stereocenters. The molecule has 2 aromatic rings. The Morgan fingerprint density at radius 2 is 2.05 bits per heavy atom. The van der Waals surface area contributed by atoms with E-state index in [2.05, 4.69) is 72.2 Å². The van der Waals surface area contributed by atoms with Crippen molar-refractivity contribution in [2.24, 2.45) is 7.05 Å². The Morgan fingerprint density at radius 3 is 2.89 bits per heavy atom.